The molecule has 0 unspecified atom stereocenters. The predicted molar refractivity (Wildman–Crippen MR) is 48.9 cm³/mol. The van der Waals surface area contributed by atoms with Crippen LogP contribution in [0.1, 0.15) is 19.3 Å². The maximum absolute atomic E-state index is 11.1. The van der Waals surface area contributed by atoms with Crippen molar-refractivity contribution < 1.29 is 9.90 Å². The first-order valence-electron chi connectivity index (χ1n) is 4.91. The number of rotatable bonds is 6. The number of hydrogen-bond acceptors (Lipinski definition) is 2. The molecule has 1 aliphatic heterocycles. The second-order valence-corrected chi connectivity index (χ2v) is 3.29. The fourth-order valence-electron chi connectivity index (χ4n) is 1.48. The zero-order valence-electron chi connectivity index (χ0n) is 7.92. The molecule has 0 aromatic carbocycles. The number of carbonyl (C=O) groups excluding carboxylic acids is 1. The highest BCUT2D eigenvalue weighted by atomic mass is 16.3. The zero-order valence-corrected chi connectivity index (χ0v) is 7.92. The Balaban J connectivity index is 1.96. The fourth-order valence-corrected chi connectivity index (χ4v) is 1.48. The van der Waals surface area contributed by atoms with Crippen LogP contribution < -0.4 is 5.32 Å². The Labute approximate surface area is 78.9 Å². The third-order valence-electron chi connectivity index (χ3n) is 2.23. The van der Waals surface area contributed by atoms with E-state index in [0.717, 1.165) is 32.6 Å². The van der Waals surface area contributed by atoms with Gasteiger partial charge in [0.15, 0.2) is 0 Å². The molecule has 1 fully saturated rings. The summed E-state index contributed by atoms with van der Waals surface area (Å²) in [6, 6.07) is 0. The number of nitrogens with one attached hydrogen (secondary N) is 1. The molecular formula is C9H17N2O2. The summed E-state index contributed by atoms with van der Waals surface area (Å²) in [7, 11) is 0. The average molecular weight is 185 g/mol. The molecule has 1 saturated heterocycles. The van der Waals surface area contributed by atoms with Crippen molar-refractivity contribution in [2.24, 2.45) is 0 Å². The largest absolute Gasteiger partial charge is 0.341 e. The molecule has 75 valence electrons. The van der Waals surface area contributed by atoms with Crippen LogP contribution in [0, 0.1) is 0 Å². The summed E-state index contributed by atoms with van der Waals surface area (Å²) in [5.74, 6) is 0.269. The lowest BCUT2D eigenvalue weighted by molar-refractivity contribution is -0.127. The van der Waals surface area contributed by atoms with Gasteiger partial charge in [-0.2, -0.15) is 0 Å². The van der Waals surface area contributed by atoms with Crippen LogP contribution in [0.25, 0.3) is 0 Å². The van der Waals surface area contributed by atoms with Crippen LogP contribution in [0.15, 0.2) is 0 Å². The summed E-state index contributed by atoms with van der Waals surface area (Å²) in [5, 5.41) is 13.2. The molecule has 0 atom stereocenters. The molecule has 1 N–H and O–H groups in total. The van der Waals surface area contributed by atoms with E-state index >= 15 is 0 Å². The van der Waals surface area contributed by atoms with Crippen molar-refractivity contribution >= 4 is 5.91 Å². The van der Waals surface area contributed by atoms with Gasteiger partial charge in [0.05, 0.1) is 6.61 Å². The third-order valence-corrected chi connectivity index (χ3v) is 2.23. The molecular weight excluding hydrogens is 168 g/mol. The summed E-state index contributed by atoms with van der Waals surface area (Å²) >= 11 is 0. The van der Waals surface area contributed by atoms with Crippen LogP contribution >= 0.6 is 0 Å². The minimum absolute atomic E-state index is 0.0182. The molecule has 0 saturated carbocycles. The van der Waals surface area contributed by atoms with Crippen LogP contribution in [-0.2, 0) is 9.90 Å². The van der Waals surface area contributed by atoms with E-state index in [2.05, 4.69) is 5.32 Å². The minimum Gasteiger partial charge on any atom is -0.341 e. The molecule has 1 amide bonds. The average Bonchev–Trinajstić information content (AvgIpc) is 2.52. The molecule has 1 rings (SSSR count). The number of likely N-dealkylation sites (tertiary alicyclic amines) is 1. The topological polar surface area (TPSA) is 52.2 Å². The highest BCUT2D eigenvalue weighted by Crippen LogP contribution is 2.07. The van der Waals surface area contributed by atoms with Crippen LogP contribution in [0.2, 0.25) is 0 Å². The van der Waals surface area contributed by atoms with Gasteiger partial charge in [0.1, 0.15) is 0 Å². The first-order valence-corrected chi connectivity index (χ1v) is 4.91. The zero-order chi connectivity index (χ0) is 9.52. The number of amides is 1. The molecule has 1 radical (unpaired) electrons. The van der Waals surface area contributed by atoms with Crippen molar-refractivity contribution in [1.82, 2.24) is 10.2 Å². The van der Waals surface area contributed by atoms with Crippen LogP contribution in [-0.4, -0.2) is 43.6 Å². The molecule has 1 heterocycles. The summed E-state index contributed by atoms with van der Waals surface area (Å²) in [4.78, 5) is 13.0. The monoisotopic (exact) mass is 185 g/mol. The van der Waals surface area contributed by atoms with E-state index < -0.39 is 0 Å². The predicted octanol–water partition coefficient (Wildman–Crippen LogP) is 0.0190. The summed E-state index contributed by atoms with van der Waals surface area (Å²) in [6.45, 7) is 3.26. The molecule has 4 nitrogen and oxygen atoms in total. The van der Waals surface area contributed by atoms with E-state index in [9.17, 15) is 9.90 Å². The van der Waals surface area contributed by atoms with Crippen LogP contribution in [0.5, 0.6) is 0 Å². The van der Waals surface area contributed by atoms with E-state index in [1.807, 2.05) is 4.90 Å². The van der Waals surface area contributed by atoms with E-state index in [1.54, 1.807) is 0 Å². The summed E-state index contributed by atoms with van der Waals surface area (Å²) < 4.78 is 0. The van der Waals surface area contributed by atoms with E-state index in [4.69, 9.17) is 0 Å². The fraction of sp³-hybridized carbons (Fsp3) is 0.889. The van der Waals surface area contributed by atoms with Gasteiger partial charge in [-0.05, 0) is 19.4 Å². The Morgan fingerprint density at radius 1 is 1.38 bits per heavy atom. The van der Waals surface area contributed by atoms with Crippen molar-refractivity contribution in [3.8, 4) is 0 Å². The highest BCUT2D eigenvalue weighted by Gasteiger charge is 2.18. The van der Waals surface area contributed by atoms with Gasteiger partial charge >= 0.3 is 0 Å². The Kier molecular flexibility index (Phi) is 4.78. The highest BCUT2D eigenvalue weighted by molar-refractivity contribution is 5.78. The van der Waals surface area contributed by atoms with Gasteiger partial charge in [0.25, 0.3) is 0 Å². The van der Waals surface area contributed by atoms with Gasteiger partial charge in [0.2, 0.25) is 5.91 Å². The van der Waals surface area contributed by atoms with Crippen LogP contribution in [0.4, 0.5) is 0 Å². The molecule has 4 heteroatoms. The van der Waals surface area contributed by atoms with Crippen molar-refractivity contribution in [1.29, 1.82) is 0 Å². The maximum atomic E-state index is 11.1. The maximum Gasteiger partial charge on any atom is 0.222 e. The lowest BCUT2D eigenvalue weighted by atomic mass is 10.4. The Hall–Kier alpha value is -0.610. The lowest BCUT2D eigenvalue weighted by Crippen LogP contribution is -2.33. The van der Waals surface area contributed by atoms with Crippen molar-refractivity contribution in [2.75, 3.05) is 32.8 Å². The quantitative estimate of drug-likeness (QED) is 0.593. The Bertz CT molecular complexity index is 162. The number of nitrogens with zero attached hydrogens (tertiary/aromatic N) is 1. The second-order valence-electron chi connectivity index (χ2n) is 3.29. The SMILES string of the molecule is [O]CCCNCCN1CCCC1=O. The lowest BCUT2D eigenvalue weighted by Gasteiger charge is -2.15. The molecule has 0 bridgehead atoms. The van der Waals surface area contributed by atoms with Gasteiger partial charge in [-0.1, -0.05) is 0 Å². The summed E-state index contributed by atoms with van der Waals surface area (Å²) in [5.41, 5.74) is 0. The van der Waals surface area contributed by atoms with Gasteiger partial charge in [0, 0.05) is 26.1 Å². The second kappa shape index (κ2) is 5.94. The molecule has 13 heavy (non-hydrogen) atoms. The molecule has 0 aromatic heterocycles. The van der Waals surface area contributed by atoms with Gasteiger partial charge in [-0.15, -0.1) is 0 Å². The first kappa shape index (κ1) is 10.5. The Morgan fingerprint density at radius 2 is 2.23 bits per heavy atom. The molecule has 1 aliphatic rings. The van der Waals surface area contributed by atoms with Gasteiger partial charge in [-0.3, -0.25) is 4.79 Å². The van der Waals surface area contributed by atoms with Crippen molar-refractivity contribution in [2.45, 2.75) is 19.3 Å². The molecule has 0 spiro atoms. The van der Waals surface area contributed by atoms with E-state index in [-0.39, 0.29) is 12.5 Å². The number of hydrogen-bond donors (Lipinski definition) is 1. The van der Waals surface area contributed by atoms with Crippen molar-refractivity contribution in [3.05, 3.63) is 0 Å². The van der Waals surface area contributed by atoms with E-state index in [0.29, 0.717) is 12.8 Å². The Morgan fingerprint density at radius 3 is 2.85 bits per heavy atom. The van der Waals surface area contributed by atoms with E-state index in [1.165, 1.54) is 0 Å². The minimum atomic E-state index is -0.0182. The number of carbonyl (C=O) groups is 1. The standard InChI is InChI=1S/C9H17N2O2/c12-8-2-4-10-5-7-11-6-1-3-9(11)13/h10H,1-8H2. The molecule has 0 aliphatic carbocycles. The van der Waals surface area contributed by atoms with Gasteiger partial charge in [-0.25, -0.2) is 5.11 Å². The smallest absolute Gasteiger partial charge is 0.222 e. The van der Waals surface area contributed by atoms with Crippen molar-refractivity contribution in [3.63, 3.8) is 0 Å². The normalized spacial score (nSPS) is 17.0. The first-order chi connectivity index (χ1) is 6.34. The van der Waals surface area contributed by atoms with Gasteiger partial charge < -0.3 is 10.2 Å². The molecule has 0 aromatic rings. The third kappa shape index (κ3) is 3.74. The summed E-state index contributed by atoms with van der Waals surface area (Å²) in [6.07, 6.45) is 2.38. The van der Waals surface area contributed by atoms with Crippen LogP contribution in [0.3, 0.4) is 0 Å².